The Morgan fingerprint density at radius 2 is 1.52 bits per heavy atom. The van der Waals surface area contributed by atoms with Crippen LogP contribution in [0.2, 0.25) is 0 Å². The first kappa shape index (κ1) is 15.3. The van der Waals surface area contributed by atoms with Crippen molar-refractivity contribution in [2.45, 2.75) is 12.5 Å². The highest BCUT2D eigenvalue weighted by molar-refractivity contribution is 5.47. The van der Waals surface area contributed by atoms with Gasteiger partial charge in [0, 0.05) is 5.56 Å². The van der Waals surface area contributed by atoms with E-state index < -0.39 is 17.2 Å². The molecule has 112 valence electrons. The Morgan fingerprint density at radius 1 is 0.952 bits per heavy atom. The maximum Gasteiger partial charge on any atom is 0.171 e. The van der Waals surface area contributed by atoms with Crippen LogP contribution in [0.4, 0.5) is 8.78 Å². The molecule has 2 rings (SSSR count). The fraction of sp³-hybridized carbons (Fsp3) is 0.250. The van der Waals surface area contributed by atoms with E-state index in [0.717, 1.165) is 0 Å². The molecule has 0 saturated heterocycles. The molecule has 0 aliphatic carbocycles. The molecule has 1 atom stereocenters. The van der Waals surface area contributed by atoms with Gasteiger partial charge in [0.1, 0.15) is 17.2 Å². The van der Waals surface area contributed by atoms with E-state index in [1.165, 1.54) is 57.5 Å². The molecule has 1 N–H and O–H groups in total. The lowest BCUT2D eigenvalue weighted by Crippen LogP contribution is -2.26. The molecule has 0 aliphatic heterocycles. The fourth-order valence-electron chi connectivity index (χ4n) is 2.33. The van der Waals surface area contributed by atoms with E-state index in [-0.39, 0.29) is 22.6 Å². The van der Waals surface area contributed by atoms with Gasteiger partial charge in [-0.05, 0) is 25.1 Å². The van der Waals surface area contributed by atoms with Gasteiger partial charge in [0.05, 0.1) is 19.8 Å². The zero-order chi connectivity index (χ0) is 15.6. The van der Waals surface area contributed by atoms with Crippen LogP contribution in [-0.2, 0) is 5.60 Å². The van der Waals surface area contributed by atoms with Crippen molar-refractivity contribution in [2.75, 3.05) is 14.2 Å². The minimum Gasteiger partial charge on any atom is -0.496 e. The molecule has 0 radical (unpaired) electrons. The highest BCUT2D eigenvalue weighted by Gasteiger charge is 2.35. The summed E-state index contributed by atoms with van der Waals surface area (Å²) < 4.78 is 38.5. The highest BCUT2D eigenvalue weighted by atomic mass is 19.1. The number of methoxy groups -OCH3 is 2. The van der Waals surface area contributed by atoms with Gasteiger partial charge in [0.2, 0.25) is 0 Å². The molecule has 0 saturated carbocycles. The Kier molecular flexibility index (Phi) is 4.14. The van der Waals surface area contributed by atoms with Gasteiger partial charge in [-0.15, -0.1) is 0 Å². The van der Waals surface area contributed by atoms with Gasteiger partial charge in [0.25, 0.3) is 0 Å². The van der Waals surface area contributed by atoms with Crippen molar-refractivity contribution in [2.24, 2.45) is 0 Å². The molecule has 0 amide bonds. The van der Waals surface area contributed by atoms with Crippen LogP contribution >= 0.6 is 0 Å². The lowest BCUT2D eigenvalue weighted by atomic mass is 9.86. The van der Waals surface area contributed by atoms with Crippen LogP contribution in [0.3, 0.4) is 0 Å². The van der Waals surface area contributed by atoms with Crippen LogP contribution in [0, 0.1) is 11.6 Å². The van der Waals surface area contributed by atoms with E-state index in [9.17, 15) is 13.9 Å². The number of rotatable bonds is 4. The minimum absolute atomic E-state index is 0.0249. The molecule has 0 heterocycles. The lowest BCUT2D eigenvalue weighted by Gasteiger charge is -2.27. The molecule has 0 aliphatic rings. The van der Waals surface area contributed by atoms with Gasteiger partial charge in [-0.1, -0.05) is 18.2 Å². The molecule has 2 aromatic carbocycles. The third kappa shape index (κ3) is 2.56. The molecule has 1 unspecified atom stereocenters. The van der Waals surface area contributed by atoms with Gasteiger partial charge < -0.3 is 14.6 Å². The van der Waals surface area contributed by atoms with Crippen LogP contribution < -0.4 is 9.47 Å². The standard InChI is InChI=1S/C16H16F2O3/c1-16(19,10-6-4-9-13(21-3)15(10)18)14-11(17)7-5-8-12(14)20-2/h4-9,19H,1-3H3. The number of hydrogen-bond donors (Lipinski definition) is 1. The summed E-state index contributed by atoms with van der Waals surface area (Å²) in [6.45, 7) is 1.31. The minimum atomic E-state index is -1.91. The molecule has 0 fully saturated rings. The summed E-state index contributed by atoms with van der Waals surface area (Å²) in [5, 5.41) is 10.7. The second-order valence-electron chi connectivity index (χ2n) is 4.71. The predicted octanol–water partition coefficient (Wildman–Crippen LogP) is 3.24. The lowest BCUT2D eigenvalue weighted by molar-refractivity contribution is 0.0897. The quantitative estimate of drug-likeness (QED) is 0.941. The van der Waals surface area contributed by atoms with Crippen LogP contribution in [0.15, 0.2) is 36.4 Å². The van der Waals surface area contributed by atoms with E-state index in [1.807, 2.05) is 0 Å². The van der Waals surface area contributed by atoms with Crippen molar-refractivity contribution in [3.63, 3.8) is 0 Å². The number of hydrogen-bond acceptors (Lipinski definition) is 3. The molecule has 3 nitrogen and oxygen atoms in total. The Morgan fingerprint density at radius 3 is 2.14 bits per heavy atom. The Bertz CT molecular complexity index is 654. The monoisotopic (exact) mass is 294 g/mol. The van der Waals surface area contributed by atoms with Gasteiger partial charge in [-0.3, -0.25) is 0 Å². The second kappa shape index (κ2) is 5.69. The molecule has 2 aromatic rings. The Balaban J connectivity index is 2.68. The smallest absolute Gasteiger partial charge is 0.171 e. The third-order valence-corrected chi connectivity index (χ3v) is 3.39. The van der Waals surface area contributed by atoms with Crippen molar-refractivity contribution in [1.29, 1.82) is 0 Å². The molecule has 0 bridgehead atoms. The average Bonchev–Trinajstić information content (AvgIpc) is 2.46. The summed E-state index contributed by atoms with van der Waals surface area (Å²) >= 11 is 0. The molecule has 0 spiro atoms. The van der Waals surface area contributed by atoms with Gasteiger partial charge in [-0.25, -0.2) is 8.78 Å². The summed E-state index contributed by atoms with van der Waals surface area (Å²) in [7, 11) is 2.68. The zero-order valence-electron chi connectivity index (χ0n) is 12.0. The zero-order valence-corrected chi connectivity index (χ0v) is 12.0. The SMILES string of the molecule is COc1cccc(C(C)(O)c2c(F)cccc2OC)c1F. The maximum absolute atomic E-state index is 14.4. The van der Waals surface area contributed by atoms with Gasteiger partial charge in [0.15, 0.2) is 11.6 Å². The van der Waals surface area contributed by atoms with Crippen molar-refractivity contribution >= 4 is 0 Å². The first-order chi connectivity index (χ1) is 9.93. The van der Waals surface area contributed by atoms with E-state index in [4.69, 9.17) is 9.47 Å². The molecular formula is C16H16F2O3. The first-order valence-corrected chi connectivity index (χ1v) is 6.31. The number of benzene rings is 2. The first-order valence-electron chi connectivity index (χ1n) is 6.31. The number of aliphatic hydroxyl groups is 1. The van der Waals surface area contributed by atoms with E-state index in [1.54, 1.807) is 0 Å². The normalized spacial score (nSPS) is 13.6. The van der Waals surface area contributed by atoms with Crippen molar-refractivity contribution in [1.82, 2.24) is 0 Å². The van der Waals surface area contributed by atoms with Crippen LogP contribution in [-0.4, -0.2) is 19.3 Å². The Labute approximate surface area is 121 Å². The summed E-state index contributed by atoms with van der Waals surface area (Å²) in [4.78, 5) is 0. The fourth-order valence-corrected chi connectivity index (χ4v) is 2.33. The molecule has 0 aromatic heterocycles. The molecule has 21 heavy (non-hydrogen) atoms. The summed E-state index contributed by atoms with van der Waals surface area (Å²) in [6, 6.07) is 8.47. The molecule has 5 heteroatoms. The van der Waals surface area contributed by atoms with Crippen molar-refractivity contribution in [3.05, 3.63) is 59.2 Å². The average molecular weight is 294 g/mol. The van der Waals surface area contributed by atoms with E-state index in [2.05, 4.69) is 0 Å². The van der Waals surface area contributed by atoms with Crippen LogP contribution in [0.1, 0.15) is 18.1 Å². The van der Waals surface area contributed by atoms with Crippen LogP contribution in [0.5, 0.6) is 11.5 Å². The van der Waals surface area contributed by atoms with Crippen molar-refractivity contribution < 1.29 is 23.4 Å². The van der Waals surface area contributed by atoms with Crippen molar-refractivity contribution in [3.8, 4) is 11.5 Å². The second-order valence-corrected chi connectivity index (χ2v) is 4.71. The van der Waals surface area contributed by atoms with E-state index in [0.29, 0.717) is 0 Å². The highest BCUT2D eigenvalue weighted by Crippen LogP contribution is 2.39. The maximum atomic E-state index is 14.4. The Hall–Kier alpha value is -2.14. The van der Waals surface area contributed by atoms with Crippen LogP contribution in [0.25, 0.3) is 0 Å². The summed E-state index contributed by atoms with van der Waals surface area (Å²) in [6.07, 6.45) is 0. The number of ether oxygens (including phenoxy) is 2. The van der Waals surface area contributed by atoms with E-state index >= 15 is 0 Å². The summed E-state index contributed by atoms with van der Waals surface area (Å²) in [5.41, 5.74) is -2.13. The largest absolute Gasteiger partial charge is 0.496 e. The topological polar surface area (TPSA) is 38.7 Å². The molecular weight excluding hydrogens is 278 g/mol. The predicted molar refractivity (Wildman–Crippen MR) is 74.6 cm³/mol. The summed E-state index contributed by atoms with van der Waals surface area (Å²) in [5.74, 6) is -1.30. The van der Waals surface area contributed by atoms with Gasteiger partial charge in [-0.2, -0.15) is 0 Å². The number of halogens is 2. The third-order valence-electron chi connectivity index (χ3n) is 3.39. The van der Waals surface area contributed by atoms with Gasteiger partial charge >= 0.3 is 0 Å².